The molecule has 3 N–H and O–H groups in total. The van der Waals surface area contributed by atoms with Gasteiger partial charge in [0, 0.05) is 33.0 Å². The van der Waals surface area contributed by atoms with Crippen LogP contribution < -0.4 is 4.65 Å². The fourth-order valence-corrected chi connectivity index (χ4v) is 18.9. The third-order valence-electron chi connectivity index (χ3n) is 24.4. The van der Waals surface area contributed by atoms with Crippen LogP contribution in [0.1, 0.15) is 11.6 Å². The second kappa shape index (κ2) is 44.3. The summed E-state index contributed by atoms with van der Waals surface area (Å²) in [5.74, 6) is 4.51. The average molecular weight is 1900 g/mol. The number of nitrogens with zero attached hydrogens (tertiary/aromatic N) is 9. The first-order valence-corrected chi connectivity index (χ1v) is 47.6. The number of aromatic nitrogens is 9. The van der Waals surface area contributed by atoms with Gasteiger partial charge in [0.15, 0.2) is 23.3 Å². The summed E-state index contributed by atoms with van der Waals surface area (Å²) in [4.78, 5) is 38.1. The number of hydrogen-bond acceptors (Lipinski definition) is 13. The lowest BCUT2D eigenvalue weighted by Crippen LogP contribution is -2.01. The largest absolute Gasteiger partial charge is 0.569 e. The van der Waals surface area contributed by atoms with Crippen LogP contribution in [0, 0.1) is 13.8 Å². The smallest absolute Gasteiger partial charge is 0.537 e. The minimum Gasteiger partial charge on any atom is -0.537 e. The van der Waals surface area contributed by atoms with Crippen molar-refractivity contribution in [2.24, 2.45) is 0 Å². The Labute approximate surface area is 836 Å². The molecule has 13 nitrogen and oxygen atoms in total. The molecule has 26 rings (SSSR count). The van der Waals surface area contributed by atoms with Gasteiger partial charge < -0.3 is 19.7 Å². The number of hydrogen-bond donors (Lipinski definition) is 3. The summed E-state index contributed by atoms with van der Waals surface area (Å²) in [6.45, 7) is 5.00. The number of aryl methyl sites for hydroxylation is 2. The van der Waals surface area contributed by atoms with E-state index in [-0.39, 0.29) is 15.9 Å². The van der Waals surface area contributed by atoms with Crippen molar-refractivity contribution in [3.05, 3.63) is 495 Å². The second-order valence-corrected chi connectivity index (χ2v) is 34.5. The molecule has 1 radical (unpaired) electrons. The van der Waals surface area contributed by atoms with E-state index >= 15 is 0 Å². The molecule has 0 amide bonds. The van der Waals surface area contributed by atoms with E-state index in [1.54, 1.807) is 6.92 Å². The highest BCUT2D eigenvalue weighted by molar-refractivity contribution is 6.39. The molecule has 0 aliphatic carbocycles. The third-order valence-corrected chi connectivity index (χ3v) is 24.9. The molecule has 0 fully saturated rings. The molecular weight excluding hydrogens is 1810 g/mol. The van der Waals surface area contributed by atoms with Crippen LogP contribution in [-0.4, -0.2) is 74.7 Å². The normalized spacial score (nSPS) is 10.9. The average Bonchev–Trinajstić information content (AvgIpc) is 0.740. The van der Waals surface area contributed by atoms with Crippen LogP contribution in [0.2, 0.25) is 22.7 Å². The van der Waals surface area contributed by atoms with E-state index in [4.69, 9.17) is 59.5 Å². The van der Waals surface area contributed by atoms with Crippen molar-refractivity contribution in [2.45, 2.75) is 20.7 Å². The first-order chi connectivity index (χ1) is 69.7. The van der Waals surface area contributed by atoms with Crippen molar-refractivity contribution >= 4 is 190 Å². The van der Waals surface area contributed by atoms with Crippen LogP contribution in [-0.2, 0) is 0 Å². The van der Waals surface area contributed by atoms with Crippen LogP contribution in [0.4, 0.5) is 0 Å². The maximum atomic E-state index is 9.18. The summed E-state index contributed by atoms with van der Waals surface area (Å²) in [5.41, 5.74) is 8.62. The third kappa shape index (κ3) is 21.2. The van der Waals surface area contributed by atoms with Gasteiger partial charge in [0.05, 0.1) is 0 Å². The highest BCUT2D eigenvalue weighted by Crippen LogP contribution is 2.46. The fraction of sp³-hybridized carbons (Fsp3) is 0.0242. The zero-order valence-electron chi connectivity index (χ0n) is 77.5. The molecule has 681 valence electrons. The molecule has 0 spiro atoms. The Morgan fingerprint density at radius 3 is 0.662 bits per heavy atom. The van der Waals surface area contributed by atoms with Crippen molar-refractivity contribution in [1.82, 2.24) is 44.9 Å². The lowest BCUT2D eigenvalue weighted by Gasteiger charge is -2.17. The Kier molecular flexibility index (Phi) is 29.4. The van der Waals surface area contributed by atoms with E-state index in [1.165, 1.54) is 137 Å². The quantitative estimate of drug-likeness (QED) is 0.0742. The summed E-state index contributed by atoms with van der Waals surface area (Å²) < 4.78 is 5.45. The van der Waals surface area contributed by atoms with Gasteiger partial charge in [-0.3, -0.25) is 0 Å². The first-order valence-electron chi connectivity index (χ1n) is 46.4. The van der Waals surface area contributed by atoms with Crippen molar-refractivity contribution in [3.63, 3.8) is 0 Å². The maximum absolute atomic E-state index is 9.18. The number of halogens is 3. The first kappa shape index (κ1) is 94.1. The standard InChI is InChI=1S/C30H21N3.C20H14BO2.3C18H12.C10H8ClN3.C9H5Cl2N3.CH5BO2/c1-20-31-29(22-14-6-3-7-15-22)33-30(32-20)28-25-18-10-8-16-23(25)27(21-12-4-2-5-13-21)24-17-9-11-19-26(24)28;22-21-23-20-17-12-6-4-10-15(17)19(14-8-2-1-3-9-14)16-11-5-7-13-18(16)20;3*1-3-7-15-13(5-1)9-11-18-16-8-4-2-6-14(16)10-12-17(15)18;1-7-12-9(14-10(11)13-7)8-5-3-2-4-6-8;10-8-12-7(13-9(11)14-8)6-4-2-1-3-5-6;1-2(3)4/h2-19H,1H3;1-13,22H;3*1-12H;2-6H,1H3;1-5H;3-4H,1H3. The topological polar surface area (TPSA) is 186 Å². The molecule has 18 heteroatoms. The summed E-state index contributed by atoms with van der Waals surface area (Å²) in [6, 6.07) is 162. The molecule has 142 heavy (non-hydrogen) atoms. The molecule has 0 saturated heterocycles. The summed E-state index contributed by atoms with van der Waals surface area (Å²) in [5, 5.41) is 57.5. The summed E-state index contributed by atoms with van der Waals surface area (Å²) in [6.07, 6.45) is 0. The van der Waals surface area contributed by atoms with E-state index in [9.17, 15) is 5.02 Å². The monoisotopic (exact) mass is 1890 g/mol. The van der Waals surface area contributed by atoms with E-state index < -0.39 is 7.12 Å². The van der Waals surface area contributed by atoms with Gasteiger partial charge in [0.1, 0.15) is 17.4 Å². The van der Waals surface area contributed by atoms with Gasteiger partial charge in [-0.2, -0.15) is 19.9 Å². The Morgan fingerprint density at radius 2 is 0.394 bits per heavy atom. The van der Waals surface area contributed by atoms with Gasteiger partial charge in [0.25, 0.3) is 0 Å². The van der Waals surface area contributed by atoms with Gasteiger partial charge in [-0.25, -0.2) is 24.9 Å². The Morgan fingerprint density at radius 1 is 0.197 bits per heavy atom. The van der Waals surface area contributed by atoms with Gasteiger partial charge in [-0.05, 0) is 207 Å². The lowest BCUT2D eigenvalue weighted by atomic mass is 9.88. The Hall–Kier alpha value is -16.9. The van der Waals surface area contributed by atoms with Crippen molar-refractivity contribution in [1.29, 1.82) is 0 Å². The Balaban J connectivity index is 0.000000107. The van der Waals surface area contributed by atoms with Gasteiger partial charge in [0.2, 0.25) is 15.9 Å². The molecule has 0 saturated carbocycles. The zero-order valence-corrected chi connectivity index (χ0v) is 79.8. The molecule has 0 aliphatic rings. The molecule has 0 aliphatic heterocycles. The summed E-state index contributed by atoms with van der Waals surface area (Å²) >= 11 is 17.0. The highest BCUT2D eigenvalue weighted by atomic mass is 35.5. The number of rotatable bonds is 8. The Bertz CT molecular complexity index is 8200. The molecule has 23 aromatic carbocycles. The number of fused-ring (bicyclic) bond motifs is 19. The van der Waals surface area contributed by atoms with E-state index in [0.717, 1.165) is 62.3 Å². The van der Waals surface area contributed by atoms with Crippen LogP contribution in [0.3, 0.4) is 0 Å². The zero-order chi connectivity index (χ0) is 97.2. The fourth-order valence-electron chi connectivity index (χ4n) is 18.3. The van der Waals surface area contributed by atoms with Crippen LogP contribution in [0.15, 0.2) is 467 Å². The minimum absolute atomic E-state index is 0.101. The van der Waals surface area contributed by atoms with Crippen LogP contribution in [0.5, 0.6) is 5.75 Å². The van der Waals surface area contributed by atoms with E-state index in [1.807, 2.05) is 153 Å². The van der Waals surface area contributed by atoms with E-state index in [0.29, 0.717) is 40.7 Å². The summed E-state index contributed by atoms with van der Waals surface area (Å²) in [7, 11) is -0.420. The van der Waals surface area contributed by atoms with Gasteiger partial charge in [-0.1, -0.05) is 467 Å². The predicted octanol–water partition coefficient (Wildman–Crippen LogP) is 31.9. The lowest BCUT2D eigenvalue weighted by molar-refractivity contribution is 0.417. The minimum atomic E-state index is -1.17. The van der Waals surface area contributed by atoms with E-state index in [2.05, 4.69) is 356 Å². The number of benzene rings is 23. The SMILES string of the molecule is CB(O)O.Cc1nc(-c2ccccc2)nc(-c2c3ccccc3c(-c3ccccc3)c3ccccc23)n1.Cc1nc(Cl)nc(-c2ccccc2)n1.Clc1nc(Cl)nc(-c2ccccc2)n1.O[B]Oc1c2ccccc2c(-c2ccccc2)c2ccccc12.c1ccc2c(c1)ccc1c3ccccc3ccc21.c1ccc2c(c1)ccc1c3ccccc3ccc21.c1ccc2c(c1)ccc1c3ccccc3ccc21. The van der Waals surface area contributed by atoms with Crippen LogP contribution in [0.25, 0.3) is 208 Å². The van der Waals surface area contributed by atoms with Crippen molar-refractivity contribution < 1.29 is 19.7 Å². The molecule has 0 atom stereocenters. The molecule has 3 aromatic heterocycles. The molecule has 26 aromatic rings. The second-order valence-electron chi connectivity index (χ2n) is 33.5. The molecular formula is C124H89B2Cl3N9O4. The van der Waals surface area contributed by atoms with Gasteiger partial charge >= 0.3 is 14.8 Å². The van der Waals surface area contributed by atoms with Crippen molar-refractivity contribution in [3.8, 4) is 73.6 Å². The predicted molar refractivity (Wildman–Crippen MR) is 595 cm³/mol. The molecule has 0 bridgehead atoms. The van der Waals surface area contributed by atoms with Crippen LogP contribution >= 0.6 is 34.8 Å². The van der Waals surface area contributed by atoms with Gasteiger partial charge in [-0.15, -0.1) is 0 Å². The molecule has 0 unspecified atom stereocenters. The molecule has 3 heterocycles. The highest BCUT2D eigenvalue weighted by Gasteiger charge is 2.22. The maximum Gasteiger partial charge on any atom is 0.569 e. The van der Waals surface area contributed by atoms with Crippen molar-refractivity contribution in [2.75, 3.05) is 0 Å².